The first kappa shape index (κ1) is 12.9. The van der Waals surface area contributed by atoms with Crippen molar-refractivity contribution < 1.29 is 14.2 Å². The van der Waals surface area contributed by atoms with E-state index in [-0.39, 0.29) is 5.82 Å². The number of rotatable bonds is 3. The number of hydrogen-bond donors (Lipinski definition) is 1. The fourth-order valence-electron chi connectivity index (χ4n) is 1.85. The molecule has 0 amide bonds. The Morgan fingerprint density at radius 1 is 1.41 bits per heavy atom. The minimum absolute atomic E-state index is 0.236. The van der Waals surface area contributed by atoms with Gasteiger partial charge in [-0.15, -0.1) is 11.8 Å². The SMILES string of the molecule is CC(O)c1ccc(SC2CCOCC2)c(F)c1. The Hall–Kier alpha value is -0.580. The Kier molecular flexibility index (Phi) is 4.42. The molecule has 94 valence electrons. The molecule has 1 heterocycles. The molecular formula is C13H17FO2S. The third-order valence-corrected chi connectivity index (χ3v) is 4.29. The lowest BCUT2D eigenvalue weighted by atomic mass is 10.1. The van der Waals surface area contributed by atoms with E-state index >= 15 is 0 Å². The first-order valence-corrected chi connectivity index (χ1v) is 6.76. The van der Waals surface area contributed by atoms with Gasteiger partial charge in [-0.1, -0.05) is 6.07 Å². The van der Waals surface area contributed by atoms with Crippen molar-refractivity contribution in [3.05, 3.63) is 29.6 Å². The van der Waals surface area contributed by atoms with E-state index in [2.05, 4.69) is 0 Å². The number of aliphatic hydroxyl groups is 1. The summed E-state index contributed by atoms with van der Waals surface area (Å²) in [5, 5.41) is 9.81. The molecule has 4 heteroatoms. The largest absolute Gasteiger partial charge is 0.389 e. The van der Waals surface area contributed by atoms with Gasteiger partial charge in [-0.2, -0.15) is 0 Å². The first-order chi connectivity index (χ1) is 8.16. The van der Waals surface area contributed by atoms with Crippen LogP contribution in [0.4, 0.5) is 4.39 Å². The third kappa shape index (κ3) is 3.44. The molecule has 0 bridgehead atoms. The van der Waals surface area contributed by atoms with Gasteiger partial charge >= 0.3 is 0 Å². The monoisotopic (exact) mass is 256 g/mol. The molecule has 0 radical (unpaired) electrons. The smallest absolute Gasteiger partial charge is 0.137 e. The zero-order valence-corrected chi connectivity index (χ0v) is 10.7. The summed E-state index contributed by atoms with van der Waals surface area (Å²) in [7, 11) is 0. The van der Waals surface area contributed by atoms with Gasteiger partial charge in [-0.3, -0.25) is 0 Å². The zero-order chi connectivity index (χ0) is 12.3. The highest BCUT2D eigenvalue weighted by Crippen LogP contribution is 2.32. The fourth-order valence-corrected chi connectivity index (χ4v) is 2.95. The molecule has 0 saturated carbocycles. The van der Waals surface area contributed by atoms with Crippen molar-refractivity contribution in [1.29, 1.82) is 0 Å². The van der Waals surface area contributed by atoms with E-state index in [4.69, 9.17) is 4.74 Å². The molecule has 17 heavy (non-hydrogen) atoms. The fraction of sp³-hybridized carbons (Fsp3) is 0.538. The van der Waals surface area contributed by atoms with Gasteiger partial charge in [0.1, 0.15) is 5.82 Å². The van der Waals surface area contributed by atoms with E-state index in [1.54, 1.807) is 30.8 Å². The van der Waals surface area contributed by atoms with Crippen LogP contribution in [-0.2, 0) is 4.74 Å². The lowest BCUT2D eigenvalue weighted by Crippen LogP contribution is -2.17. The number of hydrogen-bond acceptors (Lipinski definition) is 3. The molecule has 1 unspecified atom stereocenters. The van der Waals surface area contributed by atoms with E-state index in [9.17, 15) is 9.50 Å². The lowest BCUT2D eigenvalue weighted by Gasteiger charge is -2.21. The normalized spacial score (nSPS) is 19.2. The quantitative estimate of drug-likeness (QED) is 0.901. The molecule has 1 aromatic rings. The molecule has 2 nitrogen and oxygen atoms in total. The maximum absolute atomic E-state index is 13.8. The van der Waals surface area contributed by atoms with Crippen LogP contribution in [0.3, 0.4) is 0 Å². The van der Waals surface area contributed by atoms with E-state index < -0.39 is 6.10 Å². The van der Waals surface area contributed by atoms with Crippen molar-refractivity contribution in [1.82, 2.24) is 0 Å². The molecule has 0 aromatic heterocycles. The van der Waals surface area contributed by atoms with Gasteiger partial charge < -0.3 is 9.84 Å². The summed E-state index contributed by atoms with van der Waals surface area (Å²) in [5.41, 5.74) is 0.624. The second-order valence-electron chi connectivity index (χ2n) is 4.30. The van der Waals surface area contributed by atoms with Gasteiger partial charge in [0, 0.05) is 23.4 Å². The summed E-state index contributed by atoms with van der Waals surface area (Å²) in [6, 6.07) is 4.97. The van der Waals surface area contributed by atoms with Crippen molar-refractivity contribution >= 4 is 11.8 Å². The van der Waals surface area contributed by atoms with Gasteiger partial charge in [0.05, 0.1) is 6.10 Å². The molecule has 1 N–H and O–H groups in total. The van der Waals surface area contributed by atoms with Crippen molar-refractivity contribution in [3.63, 3.8) is 0 Å². The van der Waals surface area contributed by atoms with E-state index in [1.165, 1.54) is 6.07 Å². The Bertz CT molecular complexity index is 376. The highest BCUT2D eigenvalue weighted by atomic mass is 32.2. The van der Waals surface area contributed by atoms with Crippen LogP contribution in [0.2, 0.25) is 0 Å². The molecular weight excluding hydrogens is 239 g/mol. The predicted molar refractivity (Wildman–Crippen MR) is 66.7 cm³/mol. The van der Waals surface area contributed by atoms with Crippen molar-refractivity contribution in [2.75, 3.05) is 13.2 Å². The molecule has 1 saturated heterocycles. The van der Waals surface area contributed by atoms with Crippen molar-refractivity contribution in [3.8, 4) is 0 Å². The minimum Gasteiger partial charge on any atom is -0.389 e. The van der Waals surface area contributed by atoms with Crippen LogP contribution in [0.1, 0.15) is 31.4 Å². The molecule has 1 fully saturated rings. The number of ether oxygens (including phenoxy) is 1. The van der Waals surface area contributed by atoms with Gasteiger partial charge in [0.25, 0.3) is 0 Å². The van der Waals surface area contributed by atoms with Crippen LogP contribution in [0.15, 0.2) is 23.1 Å². The Morgan fingerprint density at radius 2 is 2.12 bits per heavy atom. The predicted octanol–water partition coefficient (Wildman–Crippen LogP) is 3.15. The molecule has 0 spiro atoms. The van der Waals surface area contributed by atoms with Gasteiger partial charge in [0.2, 0.25) is 0 Å². The minimum atomic E-state index is -0.619. The average Bonchev–Trinajstić information content (AvgIpc) is 2.33. The maximum atomic E-state index is 13.8. The Morgan fingerprint density at radius 3 is 2.71 bits per heavy atom. The van der Waals surface area contributed by atoms with Crippen LogP contribution in [-0.4, -0.2) is 23.6 Å². The summed E-state index contributed by atoms with van der Waals surface area (Å²) in [5.74, 6) is -0.236. The van der Waals surface area contributed by atoms with E-state index in [0.717, 1.165) is 26.1 Å². The van der Waals surface area contributed by atoms with Crippen LogP contribution in [0.5, 0.6) is 0 Å². The topological polar surface area (TPSA) is 29.5 Å². The van der Waals surface area contributed by atoms with Gasteiger partial charge in [-0.25, -0.2) is 4.39 Å². The van der Waals surface area contributed by atoms with Crippen molar-refractivity contribution in [2.45, 2.75) is 36.0 Å². The molecule has 1 aliphatic rings. The number of aliphatic hydroxyl groups excluding tert-OH is 1. The van der Waals surface area contributed by atoms with Crippen molar-refractivity contribution in [2.24, 2.45) is 0 Å². The summed E-state index contributed by atoms with van der Waals surface area (Å²) < 4.78 is 19.1. The molecule has 0 aliphatic carbocycles. The van der Waals surface area contributed by atoms with Gasteiger partial charge in [-0.05, 0) is 37.5 Å². The zero-order valence-electron chi connectivity index (χ0n) is 9.86. The molecule has 1 atom stereocenters. The summed E-state index contributed by atoms with van der Waals surface area (Å²) >= 11 is 1.57. The molecule has 1 aliphatic heterocycles. The van der Waals surface area contributed by atoms with Crippen LogP contribution in [0.25, 0.3) is 0 Å². The Labute approximate surface area is 105 Å². The van der Waals surface area contributed by atoms with Crippen LogP contribution < -0.4 is 0 Å². The average molecular weight is 256 g/mol. The Balaban J connectivity index is 2.05. The second-order valence-corrected chi connectivity index (χ2v) is 5.64. The van der Waals surface area contributed by atoms with E-state index in [0.29, 0.717) is 15.7 Å². The number of thioether (sulfide) groups is 1. The number of halogens is 1. The molecule has 2 rings (SSSR count). The second kappa shape index (κ2) is 5.85. The lowest BCUT2D eigenvalue weighted by molar-refractivity contribution is 0.1000. The van der Waals surface area contributed by atoms with Gasteiger partial charge in [0.15, 0.2) is 0 Å². The van der Waals surface area contributed by atoms with Crippen LogP contribution >= 0.6 is 11.8 Å². The first-order valence-electron chi connectivity index (χ1n) is 5.88. The maximum Gasteiger partial charge on any atom is 0.137 e. The highest BCUT2D eigenvalue weighted by Gasteiger charge is 2.17. The highest BCUT2D eigenvalue weighted by molar-refractivity contribution is 8.00. The standard InChI is InChI=1S/C13H17FO2S/c1-9(15)10-2-3-13(12(14)8-10)17-11-4-6-16-7-5-11/h2-3,8-9,11,15H,4-7H2,1H3. The number of benzene rings is 1. The third-order valence-electron chi connectivity index (χ3n) is 2.90. The van der Waals surface area contributed by atoms with E-state index in [1.807, 2.05) is 0 Å². The summed E-state index contributed by atoms with van der Waals surface area (Å²) in [6.07, 6.45) is 1.33. The molecule has 1 aromatic carbocycles. The summed E-state index contributed by atoms with van der Waals surface area (Å²) in [6.45, 7) is 3.18. The van der Waals surface area contributed by atoms with Crippen LogP contribution in [0, 0.1) is 5.82 Å². The summed E-state index contributed by atoms with van der Waals surface area (Å²) in [4.78, 5) is 0.668.